The first-order valence-electron chi connectivity index (χ1n) is 6.67. The fourth-order valence-electron chi connectivity index (χ4n) is 2.04. The normalized spacial score (nSPS) is 15.3. The maximum absolute atomic E-state index is 12.7. The highest BCUT2D eigenvalue weighted by atomic mass is 19.4. The Morgan fingerprint density at radius 1 is 1.43 bits per heavy atom. The molecular weight excluding hydrogens is 283 g/mol. The van der Waals surface area contributed by atoms with E-state index in [0.717, 1.165) is 12.1 Å². The number of benzene rings is 1. The van der Waals surface area contributed by atoms with E-state index in [0.29, 0.717) is 19.2 Å². The zero-order valence-electron chi connectivity index (χ0n) is 11.7. The number of nitrogens with one attached hydrogen (secondary N) is 1. The van der Waals surface area contributed by atoms with Crippen LogP contribution in [0.4, 0.5) is 13.2 Å². The van der Waals surface area contributed by atoms with Gasteiger partial charge in [0, 0.05) is 12.6 Å². The van der Waals surface area contributed by atoms with Crippen LogP contribution in [-0.4, -0.2) is 37.0 Å². The first-order valence-corrected chi connectivity index (χ1v) is 6.67. The van der Waals surface area contributed by atoms with Crippen molar-refractivity contribution in [2.45, 2.75) is 25.1 Å². The van der Waals surface area contributed by atoms with Gasteiger partial charge in [0.05, 0.1) is 11.1 Å². The molecule has 2 rings (SSSR count). The molecule has 1 saturated carbocycles. The molecule has 1 aromatic rings. The smallest absolute Gasteiger partial charge is 0.416 e. The van der Waals surface area contributed by atoms with Gasteiger partial charge in [-0.2, -0.15) is 13.2 Å². The predicted octanol–water partition coefficient (Wildman–Crippen LogP) is 2.46. The van der Waals surface area contributed by atoms with E-state index < -0.39 is 17.6 Å². The van der Waals surface area contributed by atoms with Gasteiger partial charge < -0.3 is 15.4 Å². The number of nitrogens with zero attached hydrogens (tertiary/aromatic N) is 1. The highest BCUT2D eigenvalue weighted by molar-refractivity contribution is 5.97. The molecule has 0 amide bonds. The Balaban J connectivity index is 2.05. The van der Waals surface area contributed by atoms with E-state index in [4.69, 9.17) is 15.9 Å². The minimum Gasteiger partial charge on any atom is -0.491 e. The molecule has 0 aliphatic heterocycles. The maximum Gasteiger partial charge on any atom is 0.416 e. The summed E-state index contributed by atoms with van der Waals surface area (Å²) in [5.74, 6) is -0.230. The van der Waals surface area contributed by atoms with Crippen molar-refractivity contribution in [2.75, 3.05) is 20.2 Å². The Kier molecular flexibility index (Phi) is 4.41. The summed E-state index contributed by atoms with van der Waals surface area (Å²) in [6.45, 7) is 1.03. The Bertz CT molecular complexity index is 527. The zero-order valence-corrected chi connectivity index (χ0v) is 11.7. The molecule has 7 heteroatoms. The van der Waals surface area contributed by atoms with Crippen molar-refractivity contribution in [3.63, 3.8) is 0 Å². The minimum atomic E-state index is -4.46. The van der Waals surface area contributed by atoms with Gasteiger partial charge in [-0.3, -0.25) is 5.41 Å². The summed E-state index contributed by atoms with van der Waals surface area (Å²) in [5, 5.41) is 7.40. The van der Waals surface area contributed by atoms with Gasteiger partial charge in [0.25, 0.3) is 0 Å². The van der Waals surface area contributed by atoms with Crippen LogP contribution in [0.1, 0.15) is 24.0 Å². The van der Waals surface area contributed by atoms with E-state index in [-0.39, 0.29) is 11.3 Å². The standard InChI is InChI=1S/C14H18F3N3O/c1-20(10-3-4-10)6-7-21-12-5-2-9(14(15,16)17)8-11(12)13(18)19/h2,5,8,10H,3-4,6-7H2,1H3,(H3,18,19). The average Bonchev–Trinajstić information content (AvgIpc) is 3.21. The molecule has 1 fully saturated rings. The van der Waals surface area contributed by atoms with Gasteiger partial charge in [-0.15, -0.1) is 0 Å². The fraction of sp³-hybridized carbons (Fsp3) is 0.500. The summed E-state index contributed by atoms with van der Waals surface area (Å²) in [4.78, 5) is 2.15. The summed E-state index contributed by atoms with van der Waals surface area (Å²) in [7, 11) is 1.99. The molecule has 21 heavy (non-hydrogen) atoms. The number of nitrogens with two attached hydrogens (primary N) is 1. The molecule has 1 aliphatic rings. The number of hydrogen-bond donors (Lipinski definition) is 2. The second kappa shape index (κ2) is 5.93. The van der Waals surface area contributed by atoms with E-state index >= 15 is 0 Å². The van der Waals surface area contributed by atoms with E-state index in [2.05, 4.69) is 4.90 Å². The van der Waals surface area contributed by atoms with Crippen molar-refractivity contribution in [3.8, 4) is 5.75 Å². The van der Waals surface area contributed by atoms with Crippen molar-refractivity contribution in [1.82, 2.24) is 4.90 Å². The largest absolute Gasteiger partial charge is 0.491 e. The number of nitrogen functional groups attached to an aromatic ring is 1. The molecule has 116 valence electrons. The SMILES string of the molecule is CN(CCOc1ccc(C(F)(F)F)cc1C(=N)N)C1CC1. The van der Waals surface area contributed by atoms with Crippen LogP contribution in [0.25, 0.3) is 0 Å². The van der Waals surface area contributed by atoms with Crippen LogP contribution in [0, 0.1) is 5.41 Å². The predicted molar refractivity (Wildman–Crippen MR) is 73.6 cm³/mol. The molecule has 0 atom stereocenters. The third kappa shape index (κ3) is 4.10. The molecule has 3 N–H and O–H groups in total. The van der Waals surface area contributed by atoms with Crippen LogP contribution in [0.15, 0.2) is 18.2 Å². The van der Waals surface area contributed by atoms with Gasteiger partial charge >= 0.3 is 6.18 Å². The second-order valence-corrected chi connectivity index (χ2v) is 5.18. The second-order valence-electron chi connectivity index (χ2n) is 5.18. The lowest BCUT2D eigenvalue weighted by molar-refractivity contribution is -0.137. The lowest BCUT2D eigenvalue weighted by Crippen LogP contribution is -2.26. The summed E-state index contributed by atoms with van der Waals surface area (Å²) < 4.78 is 43.5. The molecule has 4 nitrogen and oxygen atoms in total. The van der Waals surface area contributed by atoms with Crippen LogP contribution >= 0.6 is 0 Å². The lowest BCUT2D eigenvalue weighted by atomic mass is 10.1. The van der Waals surface area contributed by atoms with Gasteiger partial charge in [-0.05, 0) is 38.1 Å². The van der Waals surface area contributed by atoms with Gasteiger partial charge in [0.15, 0.2) is 0 Å². The van der Waals surface area contributed by atoms with Crippen molar-refractivity contribution in [1.29, 1.82) is 5.41 Å². The Labute approximate surface area is 121 Å². The molecule has 0 radical (unpaired) electrons. The monoisotopic (exact) mass is 301 g/mol. The Morgan fingerprint density at radius 2 is 2.10 bits per heavy atom. The molecule has 0 saturated heterocycles. The highest BCUT2D eigenvalue weighted by Gasteiger charge is 2.31. The molecule has 1 aromatic carbocycles. The Morgan fingerprint density at radius 3 is 2.62 bits per heavy atom. The van der Waals surface area contributed by atoms with Gasteiger partial charge in [0.2, 0.25) is 0 Å². The Hall–Kier alpha value is -1.76. The van der Waals surface area contributed by atoms with E-state index in [1.807, 2.05) is 7.05 Å². The third-order valence-electron chi connectivity index (χ3n) is 3.47. The van der Waals surface area contributed by atoms with Crippen molar-refractivity contribution >= 4 is 5.84 Å². The summed E-state index contributed by atoms with van der Waals surface area (Å²) in [6, 6.07) is 3.60. The molecule has 0 aromatic heterocycles. The van der Waals surface area contributed by atoms with Crippen LogP contribution in [0.3, 0.4) is 0 Å². The third-order valence-corrected chi connectivity index (χ3v) is 3.47. The average molecular weight is 301 g/mol. The minimum absolute atomic E-state index is 0.0288. The van der Waals surface area contributed by atoms with Crippen LogP contribution in [-0.2, 0) is 6.18 Å². The first kappa shape index (κ1) is 15.6. The van der Waals surface area contributed by atoms with Crippen LogP contribution < -0.4 is 10.5 Å². The molecule has 1 aliphatic carbocycles. The topological polar surface area (TPSA) is 62.3 Å². The van der Waals surface area contributed by atoms with E-state index in [1.54, 1.807) is 0 Å². The highest BCUT2D eigenvalue weighted by Crippen LogP contribution is 2.32. The van der Waals surface area contributed by atoms with Crippen molar-refractivity contribution < 1.29 is 17.9 Å². The van der Waals surface area contributed by atoms with Crippen LogP contribution in [0.5, 0.6) is 5.75 Å². The van der Waals surface area contributed by atoms with Crippen molar-refractivity contribution in [3.05, 3.63) is 29.3 Å². The number of likely N-dealkylation sites (N-methyl/N-ethyl adjacent to an activating group) is 1. The van der Waals surface area contributed by atoms with Gasteiger partial charge in [0.1, 0.15) is 18.2 Å². The summed E-state index contributed by atoms with van der Waals surface area (Å²) in [6.07, 6.45) is -2.11. The molecule has 0 unspecified atom stereocenters. The summed E-state index contributed by atoms with van der Waals surface area (Å²) in [5.41, 5.74) is 4.48. The first-order chi connectivity index (χ1) is 9.79. The van der Waals surface area contributed by atoms with Gasteiger partial charge in [-0.1, -0.05) is 0 Å². The van der Waals surface area contributed by atoms with Crippen LogP contribution in [0.2, 0.25) is 0 Å². The number of ether oxygens (including phenoxy) is 1. The number of alkyl halides is 3. The molecule has 0 spiro atoms. The number of amidine groups is 1. The maximum atomic E-state index is 12.7. The van der Waals surface area contributed by atoms with Crippen molar-refractivity contribution in [2.24, 2.45) is 5.73 Å². The van der Waals surface area contributed by atoms with Gasteiger partial charge in [-0.25, -0.2) is 0 Å². The molecule has 0 heterocycles. The lowest BCUT2D eigenvalue weighted by Gasteiger charge is -2.17. The zero-order chi connectivity index (χ0) is 15.6. The molecule has 0 bridgehead atoms. The number of halogens is 3. The quantitative estimate of drug-likeness (QED) is 0.627. The van der Waals surface area contributed by atoms with E-state index in [9.17, 15) is 13.2 Å². The number of rotatable bonds is 6. The van der Waals surface area contributed by atoms with E-state index in [1.165, 1.54) is 18.9 Å². The summed E-state index contributed by atoms with van der Waals surface area (Å²) >= 11 is 0. The molecular formula is C14H18F3N3O. The number of hydrogen-bond acceptors (Lipinski definition) is 3. The fourth-order valence-corrected chi connectivity index (χ4v) is 2.04.